The minimum Gasteiger partial charge on any atom is -0.497 e. The number of hydrogen-bond donors (Lipinski definition) is 2. The maximum atomic E-state index is 13.8. The second-order valence-corrected chi connectivity index (χ2v) is 12.2. The molecule has 0 aromatic heterocycles. The van der Waals surface area contributed by atoms with Gasteiger partial charge in [0.2, 0.25) is 10.0 Å². The average Bonchev–Trinajstić information content (AvgIpc) is 3.44. The van der Waals surface area contributed by atoms with E-state index >= 15 is 0 Å². The van der Waals surface area contributed by atoms with Crippen LogP contribution in [0.5, 0.6) is 5.75 Å². The normalized spacial score (nSPS) is 17.7. The molecule has 0 aliphatic carbocycles. The minimum absolute atomic E-state index is 0.0229. The lowest BCUT2D eigenvalue weighted by Crippen LogP contribution is -2.51. The van der Waals surface area contributed by atoms with Crippen LogP contribution in [0.25, 0.3) is 0 Å². The monoisotopic (exact) mass is 576 g/mol. The second kappa shape index (κ2) is 15.1. The number of ketones is 1. The number of carbonyl (C=O) groups excluding carboxylic acids is 2. The molecule has 3 rings (SSSR count). The predicted molar refractivity (Wildman–Crippen MR) is 150 cm³/mol. The summed E-state index contributed by atoms with van der Waals surface area (Å²) in [6.07, 6.45) is -0.657. The number of methoxy groups -OCH3 is 1. The number of nitrogens with one attached hydrogen (secondary N) is 1. The smallest absolute Gasteiger partial charge is 0.407 e. The first-order chi connectivity index (χ1) is 19.1. The third-order valence-electron chi connectivity index (χ3n) is 6.82. The molecule has 220 valence electrons. The third-order valence-corrected chi connectivity index (χ3v) is 8.67. The predicted octanol–water partition coefficient (Wildman–Crippen LogP) is 3.18. The van der Waals surface area contributed by atoms with Gasteiger partial charge in [-0.15, -0.1) is 0 Å². The summed E-state index contributed by atoms with van der Waals surface area (Å²) in [4.78, 5) is 24.3. The lowest BCUT2D eigenvalue weighted by atomic mass is 10.0. The Balaban J connectivity index is 1.84. The summed E-state index contributed by atoms with van der Waals surface area (Å²) in [7, 11) is -2.54. The molecule has 3 unspecified atom stereocenters. The molecular formula is C29H40N2O8S. The Hall–Kier alpha value is -2.99. The van der Waals surface area contributed by atoms with E-state index in [1.54, 1.807) is 12.1 Å². The van der Waals surface area contributed by atoms with Gasteiger partial charge in [-0.05, 0) is 55.5 Å². The number of carbonyl (C=O) groups is 2. The standard InChI is InChI=1S/C29H40N2O8S/c1-21(9-10-22(2)32)18-31(40(35,36)26-13-11-24(37-3)12-14-26)19-28(33)27(17-23-7-5-4-6-8-23)30-29(34)39-25-15-16-38-20-25/h4-8,11-14,21,25,27-28,33H,9-10,15-20H2,1-3H3,(H,30,34)/t21?,25?,27-,28?/m0/s1. The molecule has 1 aliphatic rings. The fourth-order valence-corrected chi connectivity index (χ4v) is 6.06. The van der Waals surface area contributed by atoms with Crippen LogP contribution in [0.3, 0.4) is 0 Å². The quantitative estimate of drug-likeness (QED) is 0.331. The van der Waals surface area contributed by atoms with Crippen molar-refractivity contribution in [2.45, 2.75) is 62.7 Å². The molecule has 0 bridgehead atoms. The molecule has 2 aromatic rings. The highest BCUT2D eigenvalue weighted by Crippen LogP contribution is 2.23. The summed E-state index contributed by atoms with van der Waals surface area (Å²) in [6.45, 7) is 3.99. The zero-order chi connectivity index (χ0) is 29.1. The maximum Gasteiger partial charge on any atom is 0.407 e. The van der Waals surface area contributed by atoms with Crippen molar-refractivity contribution in [2.24, 2.45) is 5.92 Å². The molecule has 0 saturated carbocycles. The molecular weight excluding hydrogens is 536 g/mol. The van der Waals surface area contributed by atoms with E-state index in [9.17, 15) is 23.1 Å². The SMILES string of the molecule is COc1ccc(S(=O)(=O)N(CC(C)CCC(C)=O)CC(O)[C@H](Cc2ccccc2)NC(=O)OC2CCOC2)cc1. The number of rotatable bonds is 15. The van der Waals surface area contributed by atoms with Crippen molar-refractivity contribution in [3.05, 3.63) is 60.2 Å². The van der Waals surface area contributed by atoms with Gasteiger partial charge < -0.3 is 29.4 Å². The van der Waals surface area contributed by atoms with Gasteiger partial charge in [-0.25, -0.2) is 13.2 Å². The number of alkyl carbamates (subject to hydrolysis) is 1. The van der Waals surface area contributed by atoms with Crippen molar-refractivity contribution in [3.63, 3.8) is 0 Å². The molecule has 4 atom stereocenters. The van der Waals surface area contributed by atoms with Crippen LogP contribution < -0.4 is 10.1 Å². The molecule has 11 heteroatoms. The van der Waals surface area contributed by atoms with Gasteiger partial charge in [-0.1, -0.05) is 37.3 Å². The topological polar surface area (TPSA) is 131 Å². The van der Waals surface area contributed by atoms with Crippen LogP contribution in [-0.4, -0.2) is 81.4 Å². The number of hydrogen-bond acceptors (Lipinski definition) is 8. The number of amides is 1. The van der Waals surface area contributed by atoms with Crippen molar-refractivity contribution in [2.75, 3.05) is 33.4 Å². The Kier molecular flexibility index (Phi) is 11.9. The summed E-state index contributed by atoms with van der Waals surface area (Å²) < 4.78 is 44.6. The molecule has 0 radical (unpaired) electrons. The van der Waals surface area contributed by atoms with E-state index in [0.29, 0.717) is 38.2 Å². The molecule has 1 fully saturated rings. The lowest BCUT2D eigenvalue weighted by Gasteiger charge is -2.31. The van der Waals surface area contributed by atoms with Crippen molar-refractivity contribution in [1.82, 2.24) is 9.62 Å². The Morgan fingerprint density at radius 1 is 1.12 bits per heavy atom. The minimum atomic E-state index is -4.04. The fraction of sp³-hybridized carbons (Fsp3) is 0.517. The van der Waals surface area contributed by atoms with Gasteiger partial charge in [0.25, 0.3) is 0 Å². The van der Waals surface area contributed by atoms with Gasteiger partial charge in [0.15, 0.2) is 0 Å². The number of benzene rings is 2. The molecule has 40 heavy (non-hydrogen) atoms. The summed E-state index contributed by atoms with van der Waals surface area (Å²) in [6, 6.07) is 14.5. The molecule has 1 saturated heterocycles. The van der Waals surface area contributed by atoms with Crippen LogP contribution >= 0.6 is 0 Å². The molecule has 10 nitrogen and oxygen atoms in total. The first-order valence-corrected chi connectivity index (χ1v) is 14.9. The van der Waals surface area contributed by atoms with E-state index in [1.165, 1.54) is 30.5 Å². The van der Waals surface area contributed by atoms with Crippen molar-refractivity contribution >= 4 is 21.9 Å². The summed E-state index contributed by atoms with van der Waals surface area (Å²) in [5, 5.41) is 14.1. The van der Waals surface area contributed by atoms with Gasteiger partial charge in [-0.3, -0.25) is 0 Å². The van der Waals surface area contributed by atoms with Gasteiger partial charge in [-0.2, -0.15) is 4.31 Å². The summed E-state index contributed by atoms with van der Waals surface area (Å²) in [5.74, 6) is 0.380. The fourth-order valence-electron chi connectivity index (χ4n) is 4.49. The van der Waals surface area contributed by atoms with E-state index in [0.717, 1.165) is 5.56 Å². The van der Waals surface area contributed by atoms with Crippen molar-refractivity contribution in [3.8, 4) is 5.75 Å². The Labute approximate surface area is 236 Å². The Morgan fingerprint density at radius 2 is 1.82 bits per heavy atom. The maximum absolute atomic E-state index is 13.8. The summed E-state index contributed by atoms with van der Waals surface area (Å²) in [5.41, 5.74) is 0.857. The van der Waals surface area contributed by atoms with Crippen LogP contribution in [0, 0.1) is 5.92 Å². The van der Waals surface area contributed by atoms with Crippen LogP contribution in [0.15, 0.2) is 59.5 Å². The number of aliphatic hydroxyl groups is 1. The van der Waals surface area contributed by atoms with Crippen molar-refractivity contribution < 1.29 is 37.3 Å². The Bertz CT molecular complexity index is 1180. The van der Waals surface area contributed by atoms with E-state index in [1.807, 2.05) is 37.3 Å². The number of nitrogens with zero attached hydrogens (tertiary/aromatic N) is 1. The van der Waals surface area contributed by atoms with Gasteiger partial charge in [0, 0.05) is 25.9 Å². The van der Waals surface area contributed by atoms with Crippen molar-refractivity contribution in [1.29, 1.82) is 0 Å². The molecule has 1 heterocycles. The van der Waals surface area contributed by atoms with Crippen LogP contribution in [0.4, 0.5) is 4.79 Å². The average molecular weight is 577 g/mol. The van der Waals surface area contributed by atoms with Gasteiger partial charge in [0.1, 0.15) is 17.6 Å². The number of ether oxygens (including phenoxy) is 3. The van der Waals surface area contributed by atoms with E-state index in [4.69, 9.17) is 14.2 Å². The zero-order valence-corrected chi connectivity index (χ0v) is 24.1. The first kappa shape index (κ1) is 31.5. The third kappa shape index (κ3) is 9.58. The van der Waals surface area contributed by atoms with Crippen LogP contribution in [0.2, 0.25) is 0 Å². The molecule has 0 spiro atoms. The highest BCUT2D eigenvalue weighted by Gasteiger charge is 2.32. The highest BCUT2D eigenvalue weighted by atomic mass is 32.2. The van der Waals surface area contributed by atoms with E-state index in [2.05, 4.69) is 5.32 Å². The Morgan fingerprint density at radius 3 is 2.42 bits per heavy atom. The first-order valence-electron chi connectivity index (χ1n) is 13.5. The molecule has 1 aliphatic heterocycles. The van der Waals surface area contributed by atoms with Crippen LogP contribution in [0.1, 0.15) is 38.7 Å². The van der Waals surface area contributed by atoms with Gasteiger partial charge in [0.05, 0.1) is 37.4 Å². The van der Waals surface area contributed by atoms with E-state index < -0.39 is 28.3 Å². The van der Waals surface area contributed by atoms with Gasteiger partial charge >= 0.3 is 6.09 Å². The second-order valence-electron chi connectivity index (χ2n) is 10.2. The lowest BCUT2D eigenvalue weighted by molar-refractivity contribution is -0.117. The number of sulfonamides is 1. The number of aliphatic hydroxyl groups excluding tert-OH is 1. The molecule has 1 amide bonds. The largest absolute Gasteiger partial charge is 0.497 e. The van der Waals surface area contributed by atoms with E-state index in [-0.39, 0.29) is 42.2 Å². The summed E-state index contributed by atoms with van der Waals surface area (Å²) >= 11 is 0. The highest BCUT2D eigenvalue weighted by molar-refractivity contribution is 7.89. The molecule has 2 aromatic carbocycles. The van der Waals surface area contributed by atoms with Crippen LogP contribution in [-0.2, 0) is 30.7 Å². The molecule has 2 N–H and O–H groups in total. The zero-order valence-electron chi connectivity index (χ0n) is 23.3. The number of Topliss-reactive ketones (excluding diaryl/α,β-unsaturated/α-hetero) is 1.